The Kier molecular flexibility index (Phi) is 7.67. The van der Waals surface area contributed by atoms with Crippen LogP contribution in [0.4, 0.5) is 5.69 Å². The van der Waals surface area contributed by atoms with Crippen LogP contribution in [0.15, 0.2) is 54.2 Å². The average molecular weight is 404 g/mol. The zero-order chi connectivity index (χ0) is 20.5. The predicted molar refractivity (Wildman–Crippen MR) is 105 cm³/mol. The molecule has 0 aromatic heterocycles. The van der Waals surface area contributed by atoms with E-state index in [0.717, 1.165) is 0 Å². The van der Waals surface area contributed by atoms with E-state index in [9.17, 15) is 19.7 Å². The van der Waals surface area contributed by atoms with Crippen molar-refractivity contribution in [1.82, 2.24) is 10.6 Å². The SMILES string of the molecule is O=C(NCCCO)/C(=C\c1cccc([N+](=O)[O-])c1)NC(=O)c1ccccc1Cl. The molecule has 0 unspecified atom stereocenters. The number of carbonyl (C=O) groups is 2. The molecule has 2 aromatic carbocycles. The molecule has 3 N–H and O–H groups in total. The summed E-state index contributed by atoms with van der Waals surface area (Å²) in [5, 5.41) is 25.1. The Morgan fingerprint density at radius 1 is 1.18 bits per heavy atom. The Balaban J connectivity index is 2.32. The summed E-state index contributed by atoms with van der Waals surface area (Å²) in [5.74, 6) is -1.19. The molecule has 2 rings (SSSR count). The van der Waals surface area contributed by atoms with Crippen LogP contribution >= 0.6 is 11.6 Å². The fourth-order valence-electron chi connectivity index (χ4n) is 2.26. The first-order valence-electron chi connectivity index (χ1n) is 8.33. The largest absolute Gasteiger partial charge is 0.396 e. The molecule has 0 spiro atoms. The minimum absolute atomic E-state index is 0.101. The van der Waals surface area contributed by atoms with Crippen molar-refractivity contribution in [3.05, 3.63) is 80.5 Å². The maximum absolute atomic E-state index is 12.5. The Bertz CT molecular complexity index is 914. The first-order valence-corrected chi connectivity index (χ1v) is 8.71. The third kappa shape index (κ3) is 5.90. The monoisotopic (exact) mass is 403 g/mol. The van der Waals surface area contributed by atoms with E-state index in [1.807, 2.05) is 0 Å². The third-order valence-electron chi connectivity index (χ3n) is 3.62. The Hall–Kier alpha value is -3.23. The molecule has 2 aromatic rings. The van der Waals surface area contributed by atoms with Gasteiger partial charge in [-0.3, -0.25) is 19.7 Å². The lowest BCUT2D eigenvalue weighted by Gasteiger charge is -2.11. The molecule has 8 nitrogen and oxygen atoms in total. The van der Waals surface area contributed by atoms with E-state index < -0.39 is 16.7 Å². The van der Waals surface area contributed by atoms with Crippen LogP contribution in [0.2, 0.25) is 5.02 Å². The van der Waals surface area contributed by atoms with Gasteiger partial charge in [0.2, 0.25) is 0 Å². The normalized spacial score (nSPS) is 11.0. The van der Waals surface area contributed by atoms with Crippen molar-refractivity contribution >= 4 is 35.2 Å². The summed E-state index contributed by atoms with van der Waals surface area (Å²) < 4.78 is 0. The van der Waals surface area contributed by atoms with E-state index in [0.29, 0.717) is 12.0 Å². The molecule has 0 aliphatic rings. The van der Waals surface area contributed by atoms with Gasteiger partial charge in [-0.15, -0.1) is 0 Å². The number of nitrogens with one attached hydrogen (secondary N) is 2. The van der Waals surface area contributed by atoms with Crippen molar-refractivity contribution in [3.8, 4) is 0 Å². The molecule has 146 valence electrons. The molecule has 2 amide bonds. The Morgan fingerprint density at radius 2 is 1.93 bits per heavy atom. The molecule has 0 saturated carbocycles. The zero-order valence-corrected chi connectivity index (χ0v) is 15.5. The predicted octanol–water partition coefficient (Wildman–Crippen LogP) is 2.52. The van der Waals surface area contributed by atoms with Gasteiger partial charge in [0.25, 0.3) is 17.5 Å². The van der Waals surface area contributed by atoms with E-state index in [1.54, 1.807) is 24.3 Å². The molecule has 0 heterocycles. The molecule has 0 atom stereocenters. The van der Waals surface area contributed by atoms with Crippen molar-refractivity contribution in [2.75, 3.05) is 13.2 Å². The fourth-order valence-corrected chi connectivity index (χ4v) is 2.49. The van der Waals surface area contributed by atoms with Crippen molar-refractivity contribution in [2.24, 2.45) is 0 Å². The van der Waals surface area contributed by atoms with Crippen LogP contribution in [0.1, 0.15) is 22.3 Å². The smallest absolute Gasteiger partial charge is 0.270 e. The molecular formula is C19H18ClN3O5. The van der Waals surface area contributed by atoms with Crippen molar-refractivity contribution < 1.29 is 19.6 Å². The number of non-ortho nitro benzene ring substituents is 1. The summed E-state index contributed by atoms with van der Waals surface area (Å²) in [6.07, 6.45) is 1.67. The van der Waals surface area contributed by atoms with E-state index in [2.05, 4.69) is 10.6 Å². The van der Waals surface area contributed by atoms with E-state index in [-0.39, 0.29) is 35.1 Å². The van der Waals surface area contributed by atoms with Gasteiger partial charge in [0.05, 0.1) is 15.5 Å². The highest BCUT2D eigenvalue weighted by molar-refractivity contribution is 6.34. The highest BCUT2D eigenvalue weighted by Crippen LogP contribution is 2.17. The number of rotatable bonds is 8. The van der Waals surface area contributed by atoms with Crippen LogP contribution in [0.5, 0.6) is 0 Å². The van der Waals surface area contributed by atoms with Gasteiger partial charge in [0.15, 0.2) is 0 Å². The number of halogens is 1. The van der Waals surface area contributed by atoms with Crippen LogP contribution in [0, 0.1) is 10.1 Å². The van der Waals surface area contributed by atoms with Gasteiger partial charge in [-0.1, -0.05) is 35.9 Å². The molecule has 0 aliphatic heterocycles. The summed E-state index contributed by atoms with van der Waals surface area (Å²) in [6.45, 7) is 0.0970. The average Bonchev–Trinajstić information content (AvgIpc) is 2.68. The van der Waals surface area contributed by atoms with Crippen LogP contribution in [-0.2, 0) is 4.79 Å². The number of benzene rings is 2. The van der Waals surface area contributed by atoms with Gasteiger partial charge in [-0.2, -0.15) is 0 Å². The maximum Gasteiger partial charge on any atom is 0.270 e. The number of amides is 2. The summed E-state index contributed by atoms with van der Waals surface area (Å²) >= 11 is 6.02. The number of hydrogen-bond acceptors (Lipinski definition) is 5. The second-order valence-corrected chi connectivity index (χ2v) is 6.08. The first kappa shape index (κ1) is 21.1. The van der Waals surface area contributed by atoms with Crippen molar-refractivity contribution in [1.29, 1.82) is 0 Å². The molecular weight excluding hydrogens is 386 g/mol. The number of nitrogens with zero attached hydrogens (tertiary/aromatic N) is 1. The maximum atomic E-state index is 12.5. The molecule has 0 radical (unpaired) electrons. The van der Waals surface area contributed by atoms with Gasteiger partial charge in [0, 0.05) is 25.3 Å². The van der Waals surface area contributed by atoms with Gasteiger partial charge >= 0.3 is 0 Å². The molecule has 0 fully saturated rings. The molecule has 9 heteroatoms. The van der Waals surface area contributed by atoms with Gasteiger partial charge in [0.1, 0.15) is 5.70 Å². The third-order valence-corrected chi connectivity index (χ3v) is 3.95. The second kappa shape index (κ2) is 10.2. The highest BCUT2D eigenvalue weighted by atomic mass is 35.5. The summed E-state index contributed by atoms with van der Waals surface area (Å²) in [5.41, 5.74) is 0.285. The van der Waals surface area contributed by atoms with E-state index in [1.165, 1.54) is 30.3 Å². The van der Waals surface area contributed by atoms with Crippen LogP contribution < -0.4 is 10.6 Å². The Labute approximate surface area is 166 Å². The van der Waals surface area contributed by atoms with Gasteiger partial charge in [-0.25, -0.2) is 0 Å². The number of nitro groups is 1. The molecule has 28 heavy (non-hydrogen) atoms. The first-order chi connectivity index (χ1) is 13.4. The lowest BCUT2D eigenvalue weighted by molar-refractivity contribution is -0.384. The molecule has 0 saturated heterocycles. The van der Waals surface area contributed by atoms with Gasteiger partial charge < -0.3 is 15.7 Å². The quantitative estimate of drug-likeness (QED) is 0.270. The zero-order valence-electron chi connectivity index (χ0n) is 14.7. The lowest BCUT2D eigenvalue weighted by atomic mass is 10.1. The minimum atomic E-state index is -0.598. The summed E-state index contributed by atoms with van der Waals surface area (Å²) in [6, 6.07) is 12.0. The number of aliphatic hydroxyl groups is 1. The van der Waals surface area contributed by atoms with Crippen molar-refractivity contribution in [3.63, 3.8) is 0 Å². The van der Waals surface area contributed by atoms with Crippen LogP contribution in [0.3, 0.4) is 0 Å². The standard InChI is InChI=1S/C19H18ClN3O5/c20-16-8-2-1-7-15(16)18(25)22-17(19(26)21-9-4-10-24)12-13-5-3-6-14(11-13)23(27)28/h1-3,5-8,11-12,24H,4,9-10H2,(H,21,26)(H,22,25)/b17-12+. The van der Waals surface area contributed by atoms with Crippen LogP contribution in [0.25, 0.3) is 6.08 Å². The van der Waals surface area contributed by atoms with E-state index in [4.69, 9.17) is 16.7 Å². The molecule has 0 aliphatic carbocycles. The lowest BCUT2D eigenvalue weighted by Crippen LogP contribution is -2.35. The number of carbonyl (C=O) groups excluding carboxylic acids is 2. The second-order valence-electron chi connectivity index (χ2n) is 5.68. The summed E-state index contributed by atoms with van der Waals surface area (Å²) in [4.78, 5) is 35.4. The van der Waals surface area contributed by atoms with Crippen molar-refractivity contribution in [2.45, 2.75) is 6.42 Å². The topological polar surface area (TPSA) is 122 Å². The Morgan fingerprint density at radius 3 is 2.61 bits per heavy atom. The highest BCUT2D eigenvalue weighted by Gasteiger charge is 2.16. The van der Waals surface area contributed by atoms with Gasteiger partial charge in [-0.05, 0) is 30.2 Å². The van der Waals surface area contributed by atoms with Crippen LogP contribution in [-0.4, -0.2) is 35.0 Å². The van der Waals surface area contributed by atoms with E-state index >= 15 is 0 Å². The summed E-state index contributed by atoms with van der Waals surface area (Å²) in [7, 11) is 0. The minimum Gasteiger partial charge on any atom is -0.396 e. The molecule has 0 bridgehead atoms. The number of hydrogen-bond donors (Lipinski definition) is 3. The number of aliphatic hydroxyl groups excluding tert-OH is 1. The fraction of sp³-hybridized carbons (Fsp3) is 0.158. The number of nitro benzene ring substituents is 1.